The fourth-order valence-electron chi connectivity index (χ4n) is 3.42. The van der Waals surface area contributed by atoms with Crippen molar-refractivity contribution in [3.05, 3.63) is 28.2 Å². The molecule has 25 heavy (non-hydrogen) atoms. The predicted molar refractivity (Wildman–Crippen MR) is 95.4 cm³/mol. The van der Waals surface area contributed by atoms with E-state index >= 15 is 0 Å². The normalized spacial score (nSPS) is 21.7. The van der Waals surface area contributed by atoms with Crippen molar-refractivity contribution in [2.24, 2.45) is 17.6 Å². The molecule has 6 nitrogen and oxygen atoms in total. The zero-order valence-electron chi connectivity index (χ0n) is 13.6. The maximum Gasteiger partial charge on any atom is 0.228 e. The molecule has 8 heteroatoms. The minimum atomic E-state index is -0.382. The Hall–Kier alpha value is -1.79. The van der Waals surface area contributed by atoms with Crippen LogP contribution in [0.1, 0.15) is 19.3 Å². The average molecular weight is 384 g/mol. The third-order valence-electron chi connectivity index (χ3n) is 4.90. The summed E-state index contributed by atoms with van der Waals surface area (Å²) in [6, 6.07) is 4.99. The molecule has 2 saturated heterocycles. The van der Waals surface area contributed by atoms with Crippen LogP contribution in [-0.4, -0.2) is 42.3 Å². The quantitative estimate of drug-likeness (QED) is 0.866. The molecule has 1 atom stereocenters. The third-order valence-corrected chi connectivity index (χ3v) is 5.64. The zero-order valence-corrected chi connectivity index (χ0v) is 15.1. The highest BCUT2D eigenvalue weighted by Gasteiger charge is 2.38. The number of carbonyl (C=O) groups excluding carboxylic acids is 3. The molecular weight excluding hydrogens is 365 g/mol. The van der Waals surface area contributed by atoms with Gasteiger partial charge >= 0.3 is 0 Å². The van der Waals surface area contributed by atoms with Crippen LogP contribution in [0.25, 0.3) is 0 Å². The summed E-state index contributed by atoms with van der Waals surface area (Å²) in [6.07, 6.45) is 1.34. The summed E-state index contributed by atoms with van der Waals surface area (Å²) in [5.41, 5.74) is 5.96. The molecular formula is C17H19Cl2N3O3. The van der Waals surface area contributed by atoms with Crippen LogP contribution in [-0.2, 0) is 14.4 Å². The number of piperidine rings is 1. The Balaban J connectivity index is 1.65. The lowest BCUT2D eigenvalue weighted by atomic mass is 9.95. The first-order valence-corrected chi connectivity index (χ1v) is 8.96. The van der Waals surface area contributed by atoms with Gasteiger partial charge in [-0.1, -0.05) is 23.2 Å². The number of anilines is 1. The Kier molecular flexibility index (Phi) is 5.20. The number of likely N-dealkylation sites (tertiary alicyclic amines) is 1. The minimum Gasteiger partial charge on any atom is -0.369 e. The number of hydrogen-bond acceptors (Lipinski definition) is 3. The number of benzene rings is 1. The molecule has 3 amide bonds. The van der Waals surface area contributed by atoms with Crippen molar-refractivity contribution in [1.29, 1.82) is 0 Å². The van der Waals surface area contributed by atoms with Gasteiger partial charge in [-0.05, 0) is 31.0 Å². The average Bonchev–Trinajstić information content (AvgIpc) is 2.98. The minimum absolute atomic E-state index is 0.0427. The second-order valence-electron chi connectivity index (χ2n) is 6.51. The Labute approximate surface area is 155 Å². The van der Waals surface area contributed by atoms with E-state index in [4.69, 9.17) is 28.9 Å². The largest absolute Gasteiger partial charge is 0.369 e. The van der Waals surface area contributed by atoms with Gasteiger partial charge in [-0.2, -0.15) is 0 Å². The fraction of sp³-hybridized carbons (Fsp3) is 0.471. The van der Waals surface area contributed by atoms with Crippen molar-refractivity contribution >= 4 is 46.6 Å². The molecule has 2 heterocycles. The van der Waals surface area contributed by atoms with Gasteiger partial charge in [-0.25, -0.2) is 0 Å². The van der Waals surface area contributed by atoms with Crippen LogP contribution in [0.5, 0.6) is 0 Å². The summed E-state index contributed by atoms with van der Waals surface area (Å²) in [5.74, 6) is -1.01. The van der Waals surface area contributed by atoms with E-state index in [1.807, 2.05) is 0 Å². The second kappa shape index (κ2) is 7.22. The summed E-state index contributed by atoms with van der Waals surface area (Å²) in [4.78, 5) is 39.6. The van der Waals surface area contributed by atoms with Gasteiger partial charge in [0.1, 0.15) is 0 Å². The molecule has 134 valence electrons. The molecule has 3 rings (SSSR count). The molecule has 1 aromatic rings. The molecule has 0 spiro atoms. The van der Waals surface area contributed by atoms with E-state index < -0.39 is 0 Å². The number of primary amides is 1. The van der Waals surface area contributed by atoms with Gasteiger partial charge in [0.2, 0.25) is 17.7 Å². The molecule has 2 aliphatic rings. The lowest BCUT2D eigenvalue weighted by Gasteiger charge is -2.32. The molecule has 0 saturated carbocycles. The maximum absolute atomic E-state index is 12.7. The predicted octanol–water partition coefficient (Wildman–Crippen LogP) is 2.07. The number of amides is 3. The number of rotatable bonds is 3. The van der Waals surface area contributed by atoms with E-state index in [1.54, 1.807) is 28.0 Å². The van der Waals surface area contributed by atoms with Gasteiger partial charge in [0.15, 0.2) is 0 Å². The van der Waals surface area contributed by atoms with Crippen LogP contribution >= 0.6 is 23.2 Å². The zero-order chi connectivity index (χ0) is 18.1. The summed E-state index contributed by atoms with van der Waals surface area (Å²) >= 11 is 11.9. The topological polar surface area (TPSA) is 83.7 Å². The second-order valence-corrected chi connectivity index (χ2v) is 7.32. The van der Waals surface area contributed by atoms with Crippen molar-refractivity contribution in [1.82, 2.24) is 4.90 Å². The molecule has 0 unspecified atom stereocenters. The van der Waals surface area contributed by atoms with Crippen LogP contribution < -0.4 is 10.6 Å². The van der Waals surface area contributed by atoms with Gasteiger partial charge in [0.05, 0.1) is 16.0 Å². The van der Waals surface area contributed by atoms with Crippen LogP contribution in [0.2, 0.25) is 10.0 Å². The summed E-state index contributed by atoms with van der Waals surface area (Å²) < 4.78 is 0. The fourth-order valence-corrected chi connectivity index (χ4v) is 3.71. The molecule has 1 aromatic carbocycles. The number of hydrogen-bond donors (Lipinski definition) is 1. The Morgan fingerprint density at radius 1 is 1.08 bits per heavy atom. The molecule has 0 bridgehead atoms. The van der Waals surface area contributed by atoms with Gasteiger partial charge in [-0.3, -0.25) is 14.4 Å². The van der Waals surface area contributed by atoms with Crippen molar-refractivity contribution in [2.45, 2.75) is 19.3 Å². The van der Waals surface area contributed by atoms with E-state index in [0.29, 0.717) is 48.2 Å². The van der Waals surface area contributed by atoms with Gasteiger partial charge < -0.3 is 15.5 Å². The van der Waals surface area contributed by atoms with Crippen LogP contribution in [0.15, 0.2) is 18.2 Å². The van der Waals surface area contributed by atoms with E-state index in [2.05, 4.69) is 0 Å². The van der Waals surface area contributed by atoms with E-state index in [-0.39, 0.29) is 36.0 Å². The Bertz CT molecular complexity index is 717. The van der Waals surface area contributed by atoms with Crippen LogP contribution in [0.3, 0.4) is 0 Å². The first kappa shape index (κ1) is 18.0. The highest BCUT2D eigenvalue weighted by molar-refractivity contribution is 6.42. The van der Waals surface area contributed by atoms with Gasteiger partial charge in [0.25, 0.3) is 0 Å². The van der Waals surface area contributed by atoms with E-state index in [9.17, 15) is 14.4 Å². The number of nitrogens with two attached hydrogens (primary N) is 1. The van der Waals surface area contributed by atoms with E-state index in [1.165, 1.54) is 0 Å². The molecule has 0 aliphatic carbocycles. The van der Waals surface area contributed by atoms with Crippen LogP contribution in [0.4, 0.5) is 5.69 Å². The molecule has 0 aromatic heterocycles. The van der Waals surface area contributed by atoms with Crippen molar-refractivity contribution in [3.63, 3.8) is 0 Å². The van der Waals surface area contributed by atoms with Crippen molar-refractivity contribution in [3.8, 4) is 0 Å². The molecule has 2 N–H and O–H groups in total. The van der Waals surface area contributed by atoms with Crippen LogP contribution in [0, 0.1) is 11.8 Å². The molecule has 0 radical (unpaired) electrons. The van der Waals surface area contributed by atoms with Crippen molar-refractivity contribution < 1.29 is 14.4 Å². The number of carbonyl (C=O) groups is 3. The van der Waals surface area contributed by atoms with Gasteiger partial charge in [-0.15, -0.1) is 0 Å². The first-order valence-electron chi connectivity index (χ1n) is 8.20. The third kappa shape index (κ3) is 3.75. The molecule has 2 aliphatic heterocycles. The van der Waals surface area contributed by atoms with E-state index in [0.717, 1.165) is 0 Å². The maximum atomic E-state index is 12.7. The summed E-state index contributed by atoms with van der Waals surface area (Å²) in [7, 11) is 0. The Morgan fingerprint density at radius 2 is 1.76 bits per heavy atom. The van der Waals surface area contributed by atoms with Crippen molar-refractivity contribution in [2.75, 3.05) is 24.5 Å². The van der Waals surface area contributed by atoms with Gasteiger partial charge in [0, 0.05) is 37.7 Å². The molecule has 2 fully saturated rings. The summed E-state index contributed by atoms with van der Waals surface area (Å²) in [6.45, 7) is 1.33. The number of halogens is 2. The number of nitrogens with zero attached hydrogens (tertiary/aromatic N) is 2. The Morgan fingerprint density at radius 3 is 2.36 bits per heavy atom. The smallest absolute Gasteiger partial charge is 0.228 e. The SMILES string of the molecule is NC(=O)C1CCN(C(=O)[C@H]2CC(=O)N(c3ccc(Cl)c(Cl)c3)C2)CC1. The first-order chi connectivity index (χ1) is 11.9. The monoisotopic (exact) mass is 383 g/mol. The highest BCUT2D eigenvalue weighted by atomic mass is 35.5. The standard InChI is InChI=1S/C17H19Cl2N3O3/c18-13-2-1-12(8-14(13)19)22-9-11(7-15(22)23)17(25)21-5-3-10(4-6-21)16(20)24/h1-2,8,10-11H,3-7,9H2,(H2,20,24)/t11-/m0/s1. The lowest BCUT2D eigenvalue weighted by Crippen LogP contribution is -2.44. The lowest BCUT2D eigenvalue weighted by molar-refractivity contribution is -0.138. The summed E-state index contributed by atoms with van der Waals surface area (Å²) in [5, 5.41) is 0.789. The highest BCUT2D eigenvalue weighted by Crippen LogP contribution is 2.32.